The van der Waals surface area contributed by atoms with Gasteiger partial charge in [0.05, 0.1) is 42.3 Å². The molecule has 1 aliphatic heterocycles. The zero-order valence-electron chi connectivity index (χ0n) is 24.2. The molecule has 1 aromatic heterocycles. The number of benzene rings is 3. The Morgan fingerprint density at radius 3 is 2.58 bits per heavy atom. The fraction of sp³-hybridized carbons (Fsp3) is 0.281. The zero-order valence-corrected chi connectivity index (χ0v) is 24.2. The average molecular weight is 583 g/mol. The van der Waals surface area contributed by atoms with Crippen LogP contribution in [0.2, 0.25) is 0 Å². The number of carbonyl (C=O) groups excluding carboxylic acids is 3. The minimum atomic E-state index is -0.571. The molecule has 0 radical (unpaired) electrons. The van der Waals surface area contributed by atoms with Crippen LogP contribution in [-0.4, -0.2) is 81.6 Å². The number of hydrogen-bond acceptors (Lipinski definition) is 7. The highest BCUT2D eigenvalue weighted by atomic mass is 16.5. The fourth-order valence-electron chi connectivity index (χ4n) is 5.06. The lowest BCUT2D eigenvalue weighted by Gasteiger charge is -2.38. The molecule has 0 unspecified atom stereocenters. The molecule has 4 aromatic rings. The van der Waals surface area contributed by atoms with Crippen molar-refractivity contribution in [3.05, 3.63) is 90.5 Å². The maximum atomic E-state index is 13.7. The average Bonchev–Trinajstić information content (AvgIpc) is 3.03. The molecule has 5 rings (SSSR count). The number of likely N-dealkylation sites (N-methyl/N-ethyl adjacent to an activating group) is 1. The molecule has 3 N–H and O–H groups in total. The number of amides is 4. The highest BCUT2D eigenvalue weighted by molar-refractivity contribution is 6.06. The molecule has 43 heavy (non-hydrogen) atoms. The van der Waals surface area contributed by atoms with Crippen LogP contribution in [0.3, 0.4) is 0 Å². The number of anilines is 2. The maximum Gasteiger partial charge on any atom is 0.321 e. The molecule has 0 fully saturated rings. The van der Waals surface area contributed by atoms with Gasteiger partial charge in [0, 0.05) is 37.3 Å². The Morgan fingerprint density at radius 1 is 1.07 bits per heavy atom. The third kappa shape index (κ3) is 6.41. The van der Waals surface area contributed by atoms with Gasteiger partial charge in [0.15, 0.2) is 5.75 Å². The number of nitrogens with zero attached hydrogens (tertiary/aromatic N) is 4. The summed E-state index contributed by atoms with van der Waals surface area (Å²) in [6.45, 7) is 3.94. The van der Waals surface area contributed by atoms with Gasteiger partial charge in [-0.2, -0.15) is 0 Å². The Kier molecular flexibility index (Phi) is 8.82. The van der Waals surface area contributed by atoms with Crippen LogP contribution in [-0.2, 0) is 0 Å². The van der Waals surface area contributed by atoms with Gasteiger partial charge in [-0.25, -0.2) is 9.78 Å². The van der Waals surface area contributed by atoms with Crippen LogP contribution in [0.4, 0.5) is 16.2 Å². The number of urea groups is 1. The van der Waals surface area contributed by atoms with Crippen LogP contribution in [0.25, 0.3) is 10.8 Å². The van der Waals surface area contributed by atoms with E-state index >= 15 is 0 Å². The molecule has 11 nitrogen and oxygen atoms in total. The summed E-state index contributed by atoms with van der Waals surface area (Å²) in [6, 6.07) is 17.6. The number of fused-ring (bicyclic) bond motifs is 2. The van der Waals surface area contributed by atoms with E-state index in [-0.39, 0.29) is 53.7 Å². The van der Waals surface area contributed by atoms with E-state index in [4.69, 9.17) is 4.74 Å². The van der Waals surface area contributed by atoms with E-state index in [9.17, 15) is 19.5 Å². The van der Waals surface area contributed by atoms with Gasteiger partial charge in [0.25, 0.3) is 11.8 Å². The number of carbonyl (C=O) groups is 3. The second kappa shape index (κ2) is 12.9. The van der Waals surface area contributed by atoms with E-state index in [1.165, 1.54) is 23.5 Å². The van der Waals surface area contributed by atoms with E-state index in [1.54, 1.807) is 37.1 Å². The van der Waals surface area contributed by atoms with Crippen LogP contribution in [0, 0.1) is 5.92 Å². The van der Waals surface area contributed by atoms with Gasteiger partial charge < -0.3 is 30.3 Å². The van der Waals surface area contributed by atoms with E-state index in [2.05, 4.69) is 20.6 Å². The number of rotatable bonds is 7. The molecule has 2 heterocycles. The summed E-state index contributed by atoms with van der Waals surface area (Å²) in [6.07, 6.45) is 3.65. The SMILES string of the molecule is C[C@H](CO)N1C[C@H](C)[C@@H](CN(C)C(=O)Nc2cccc3ccccc23)Oc2c(NC(=O)c3cnccn3)cccc2C1=O. The number of aromatic nitrogens is 2. The Morgan fingerprint density at radius 2 is 1.81 bits per heavy atom. The first-order chi connectivity index (χ1) is 20.8. The Hall–Kier alpha value is -5.03. The normalized spacial score (nSPS) is 17.2. The molecular formula is C32H34N6O5. The molecule has 0 bridgehead atoms. The standard InChI is InChI=1S/C32H34N6O5/c1-20-17-38(21(2)19-39)31(41)24-11-7-13-26(35-30(40)27-16-33-14-15-34-27)29(24)43-28(20)18-37(3)32(42)36-25-12-6-9-22-8-4-5-10-23(22)25/h4-16,20-21,28,39H,17-19H2,1-3H3,(H,35,40)(H,36,42)/t20-,21+,28+/m0/s1. The minimum Gasteiger partial charge on any atom is -0.485 e. The van der Waals surface area contributed by atoms with Gasteiger partial charge in [-0.3, -0.25) is 14.6 Å². The van der Waals surface area contributed by atoms with Crippen molar-refractivity contribution >= 4 is 40.0 Å². The van der Waals surface area contributed by atoms with Gasteiger partial charge in [0.2, 0.25) is 0 Å². The van der Waals surface area contributed by atoms with Crippen molar-refractivity contribution < 1.29 is 24.2 Å². The summed E-state index contributed by atoms with van der Waals surface area (Å²) >= 11 is 0. The predicted molar refractivity (Wildman–Crippen MR) is 163 cm³/mol. The van der Waals surface area contributed by atoms with Crippen LogP contribution >= 0.6 is 0 Å². The van der Waals surface area contributed by atoms with Gasteiger partial charge in [-0.15, -0.1) is 0 Å². The van der Waals surface area contributed by atoms with E-state index in [0.717, 1.165) is 10.8 Å². The first-order valence-electron chi connectivity index (χ1n) is 14.1. The summed E-state index contributed by atoms with van der Waals surface area (Å²) in [4.78, 5) is 51.2. The molecule has 11 heteroatoms. The molecule has 1 aliphatic rings. The van der Waals surface area contributed by atoms with Crippen molar-refractivity contribution in [2.45, 2.75) is 26.0 Å². The van der Waals surface area contributed by atoms with Crippen molar-refractivity contribution in [2.24, 2.45) is 5.92 Å². The number of hydrogen-bond donors (Lipinski definition) is 3. The van der Waals surface area contributed by atoms with Crippen molar-refractivity contribution in [3.63, 3.8) is 0 Å². The Labute approximate surface area is 249 Å². The minimum absolute atomic E-state index is 0.0996. The van der Waals surface area contributed by atoms with E-state index < -0.39 is 18.1 Å². The summed E-state index contributed by atoms with van der Waals surface area (Å²) in [7, 11) is 1.68. The number of para-hydroxylation sites is 1. The van der Waals surface area contributed by atoms with Gasteiger partial charge in [-0.05, 0) is 30.5 Å². The van der Waals surface area contributed by atoms with E-state index in [0.29, 0.717) is 12.2 Å². The fourth-order valence-corrected chi connectivity index (χ4v) is 5.06. The second-order valence-corrected chi connectivity index (χ2v) is 10.7. The predicted octanol–water partition coefficient (Wildman–Crippen LogP) is 4.27. The van der Waals surface area contributed by atoms with Gasteiger partial charge >= 0.3 is 6.03 Å². The number of nitrogens with one attached hydrogen (secondary N) is 2. The molecule has 222 valence electrons. The summed E-state index contributed by atoms with van der Waals surface area (Å²) in [5.74, 6) is -0.919. The van der Waals surface area contributed by atoms with Crippen LogP contribution in [0.1, 0.15) is 34.7 Å². The van der Waals surface area contributed by atoms with Gasteiger partial charge in [-0.1, -0.05) is 49.4 Å². The first kappa shape index (κ1) is 29.5. The third-order valence-corrected chi connectivity index (χ3v) is 7.57. The molecule has 3 atom stereocenters. The molecule has 0 saturated carbocycles. The lowest BCUT2D eigenvalue weighted by Crippen LogP contribution is -2.50. The quantitative estimate of drug-likeness (QED) is 0.296. The first-order valence-corrected chi connectivity index (χ1v) is 14.1. The summed E-state index contributed by atoms with van der Waals surface area (Å²) in [5, 5.41) is 17.7. The monoisotopic (exact) mass is 582 g/mol. The van der Waals surface area contributed by atoms with Crippen LogP contribution in [0.5, 0.6) is 5.75 Å². The summed E-state index contributed by atoms with van der Waals surface area (Å²) < 4.78 is 6.51. The van der Waals surface area contributed by atoms with Crippen LogP contribution < -0.4 is 15.4 Å². The number of aliphatic hydroxyl groups excluding tert-OH is 1. The molecule has 0 spiro atoms. The van der Waals surface area contributed by atoms with Crippen LogP contribution in [0.15, 0.2) is 79.3 Å². The largest absolute Gasteiger partial charge is 0.485 e. The third-order valence-electron chi connectivity index (χ3n) is 7.57. The Balaban J connectivity index is 1.44. The van der Waals surface area contributed by atoms with Crippen molar-refractivity contribution in [3.8, 4) is 5.75 Å². The van der Waals surface area contributed by atoms with E-state index in [1.807, 2.05) is 49.4 Å². The lowest BCUT2D eigenvalue weighted by atomic mass is 9.99. The van der Waals surface area contributed by atoms with Gasteiger partial charge in [0.1, 0.15) is 11.8 Å². The van der Waals surface area contributed by atoms with Crippen molar-refractivity contribution in [2.75, 3.05) is 37.4 Å². The summed E-state index contributed by atoms with van der Waals surface area (Å²) in [5.41, 5.74) is 1.30. The highest BCUT2D eigenvalue weighted by Crippen LogP contribution is 2.35. The van der Waals surface area contributed by atoms with Crippen molar-refractivity contribution in [1.29, 1.82) is 0 Å². The van der Waals surface area contributed by atoms with Crippen molar-refractivity contribution in [1.82, 2.24) is 19.8 Å². The number of aliphatic hydroxyl groups is 1. The number of ether oxygens (including phenoxy) is 1. The molecule has 0 aliphatic carbocycles. The molecule has 3 aromatic carbocycles. The lowest BCUT2D eigenvalue weighted by molar-refractivity contribution is 0.0372. The topological polar surface area (TPSA) is 137 Å². The molecule has 4 amide bonds. The maximum absolute atomic E-state index is 13.7. The molecular weight excluding hydrogens is 548 g/mol. The zero-order chi connectivity index (χ0) is 30.5. The smallest absolute Gasteiger partial charge is 0.321 e. The Bertz CT molecular complexity index is 1630. The highest BCUT2D eigenvalue weighted by Gasteiger charge is 2.35. The molecule has 0 saturated heterocycles. The second-order valence-electron chi connectivity index (χ2n) is 10.7.